The van der Waals surface area contributed by atoms with Crippen LogP contribution in [-0.4, -0.2) is 29.8 Å². The van der Waals surface area contributed by atoms with Gasteiger partial charge in [-0.25, -0.2) is 0 Å². The van der Waals surface area contributed by atoms with Gasteiger partial charge in [-0.2, -0.15) is 0 Å². The molecule has 1 heterocycles. The molecule has 2 rings (SSSR count). The molecule has 1 atom stereocenters. The fourth-order valence-corrected chi connectivity index (χ4v) is 2.39. The predicted molar refractivity (Wildman–Crippen MR) is 78.1 cm³/mol. The van der Waals surface area contributed by atoms with Gasteiger partial charge in [0.15, 0.2) is 0 Å². The highest BCUT2D eigenvalue weighted by molar-refractivity contribution is 14.1. The van der Waals surface area contributed by atoms with Crippen LogP contribution in [0.2, 0.25) is 0 Å². The summed E-state index contributed by atoms with van der Waals surface area (Å²) in [7, 11) is 0. The summed E-state index contributed by atoms with van der Waals surface area (Å²) in [6.45, 7) is 3.13. The molecule has 1 saturated heterocycles. The Labute approximate surface area is 120 Å². The molecule has 1 aromatic carbocycles. The number of anilines is 1. The molecule has 1 N–H and O–H groups in total. The Morgan fingerprint density at radius 3 is 2.67 bits per heavy atom. The molecule has 4 nitrogen and oxygen atoms in total. The standard InChI is InChI=1S/C13H15IN2O2/c1-2-16-8-9(7-12(16)17)13(18)15-11-5-3-10(14)4-6-11/h3-6,9H,2,7-8H2,1H3,(H,15,18)/t9-/m0/s1. The zero-order valence-corrected chi connectivity index (χ0v) is 12.3. The maximum atomic E-state index is 12.0. The summed E-state index contributed by atoms with van der Waals surface area (Å²) in [5, 5.41) is 2.86. The van der Waals surface area contributed by atoms with Crippen LogP contribution in [0.25, 0.3) is 0 Å². The molecular formula is C13H15IN2O2. The molecule has 0 aromatic heterocycles. The van der Waals surface area contributed by atoms with Crippen LogP contribution in [0.15, 0.2) is 24.3 Å². The maximum absolute atomic E-state index is 12.0. The smallest absolute Gasteiger partial charge is 0.229 e. The van der Waals surface area contributed by atoms with Crippen molar-refractivity contribution in [1.29, 1.82) is 0 Å². The van der Waals surface area contributed by atoms with Crippen LogP contribution in [-0.2, 0) is 9.59 Å². The number of rotatable bonds is 3. The first-order valence-corrected chi connectivity index (χ1v) is 7.02. The van der Waals surface area contributed by atoms with E-state index >= 15 is 0 Å². The van der Waals surface area contributed by atoms with Gasteiger partial charge in [0.05, 0.1) is 5.92 Å². The molecule has 0 radical (unpaired) electrons. The van der Waals surface area contributed by atoms with E-state index in [9.17, 15) is 9.59 Å². The van der Waals surface area contributed by atoms with E-state index in [0.717, 1.165) is 9.26 Å². The molecule has 1 aliphatic rings. The summed E-state index contributed by atoms with van der Waals surface area (Å²) in [6.07, 6.45) is 0.323. The van der Waals surface area contributed by atoms with Gasteiger partial charge in [0.1, 0.15) is 0 Å². The van der Waals surface area contributed by atoms with Crippen LogP contribution in [0.3, 0.4) is 0 Å². The molecule has 2 amide bonds. The maximum Gasteiger partial charge on any atom is 0.229 e. The summed E-state index contributed by atoms with van der Waals surface area (Å²) in [4.78, 5) is 25.3. The first-order chi connectivity index (χ1) is 8.60. The van der Waals surface area contributed by atoms with Crippen molar-refractivity contribution in [1.82, 2.24) is 4.90 Å². The second-order valence-corrected chi connectivity index (χ2v) is 5.58. The highest BCUT2D eigenvalue weighted by atomic mass is 127. The lowest BCUT2D eigenvalue weighted by Gasteiger charge is -2.13. The second kappa shape index (κ2) is 5.69. The van der Waals surface area contributed by atoms with Crippen molar-refractivity contribution in [3.8, 4) is 0 Å². The van der Waals surface area contributed by atoms with Gasteiger partial charge in [-0.1, -0.05) is 0 Å². The predicted octanol–water partition coefficient (Wildman–Crippen LogP) is 2.10. The van der Waals surface area contributed by atoms with Crippen molar-refractivity contribution in [2.75, 3.05) is 18.4 Å². The Hall–Kier alpha value is -1.11. The molecule has 0 bridgehead atoms. The van der Waals surface area contributed by atoms with E-state index in [1.54, 1.807) is 4.90 Å². The molecule has 5 heteroatoms. The molecular weight excluding hydrogens is 343 g/mol. The van der Waals surface area contributed by atoms with Crippen molar-refractivity contribution in [2.24, 2.45) is 5.92 Å². The molecule has 0 spiro atoms. The van der Waals surface area contributed by atoms with Crippen LogP contribution in [0.5, 0.6) is 0 Å². The van der Waals surface area contributed by atoms with Gasteiger partial charge in [-0.05, 0) is 53.8 Å². The highest BCUT2D eigenvalue weighted by Crippen LogP contribution is 2.20. The van der Waals surface area contributed by atoms with E-state index in [4.69, 9.17) is 0 Å². The Morgan fingerprint density at radius 2 is 2.11 bits per heavy atom. The third-order valence-corrected chi connectivity index (χ3v) is 3.80. The average molecular weight is 358 g/mol. The molecule has 0 unspecified atom stereocenters. The van der Waals surface area contributed by atoms with Crippen molar-refractivity contribution in [2.45, 2.75) is 13.3 Å². The monoisotopic (exact) mass is 358 g/mol. The molecule has 1 aliphatic heterocycles. The minimum Gasteiger partial charge on any atom is -0.342 e. The number of benzene rings is 1. The lowest BCUT2D eigenvalue weighted by Crippen LogP contribution is -2.28. The number of nitrogens with one attached hydrogen (secondary N) is 1. The number of amides is 2. The molecule has 96 valence electrons. The Kier molecular flexibility index (Phi) is 4.21. The van der Waals surface area contributed by atoms with Crippen LogP contribution < -0.4 is 5.32 Å². The van der Waals surface area contributed by atoms with Gasteiger partial charge in [-0.15, -0.1) is 0 Å². The first-order valence-electron chi connectivity index (χ1n) is 5.94. The quantitative estimate of drug-likeness (QED) is 0.842. The average Bonchev–Trinajstić information content (AvgIpc) is 2.73. The van der Waals surface area contributed by atoms with Gasteiger partial charge in [0.2, 0.25) is 11.8 Å². The fraction of sp³-hybridized carbons (Fsp3) is 0.385. The normalized spacial score (nSPS) is 19.1. The summed E-state index contributed by atoms with van der Waals surface area (Å²) in [5.41, 5.74) is 0.780. The van der Waals surface area contributed by atoms with Gasteiger partial charge in [-0.3, -0.25) is 9.59 Å². The first kappa shape index (κ1) is 13.3. The van der Waals surface area contributed by atoms with E-state index in [1.165, 1.54) is 0 Å². The third kappa shape index (κ3) is 3.01. The Balaban J connectivity index is 1.97. The SMILES string of the molecule is CCN1C[C@@H](C(=O)Nc2ccc(I)cc2)CC1=O. The number of nitrogens with zero attached hydrogens (tertiary/aromatic N) is 1. The van der Waals surface area contributed by atoms with Gasteiger partial charge in [0.25, 0.3) is 0 Å². The van der Waals surface area contributed by atoms with Crippen molar-refractivity contribution < 1.29 is 9.59 Å². The van der Waals surface area contributed by atoms with Crippen LogP contribution in [0, 0.1) is 9.49 Å². The van der Waals surface area contributed by atoms with Crippen molar-refractivity contribution >= 4 is 40.1 Å². The Bertz CT molecular complexity index is 459. The number of carbonyl (C=O) groups excluding carboxylic acids is 2. The summed E-state index contributed by atoms with van der Waals surface area (Å²) >= 11 is 2.21. The molecule has 1 aromatic rings. The largest absolute Gasteiger partial charge is 0.342 e. The third-order valence-electron chi connectivity index (χ3n) is 3.08. The highest BCUT2D eigenvalue weighted by Gasteiger charge is 2.33. The van der Waals surface area contributed by atoms with Gasteiger partial charge < -0.3 is 10.2 Å². The zero-order chi connectivity index (χ0) is 13.1. The van der Waals surface area contributed by atoms with Crippen molar-refractivity contribution in [3.63, 3.8) is 0 Å². The van der Waals surface area contributed by atoms with E-state index in [1.807, 2.05) is 31.2 Å². The molecule has 1 fully saturated rings. The minimum atomic E-state index is -0.225. The van der Waals surface area contributed by atoms with Crippen molar-refractivity contribution in [3.05, 3.63) is 27.8 Å². The Morgan fingerprint density at radius 1 is 1.44 bits per heavy atom. The lowest BCUT2D eigenvalue weighted by atomic mass is 10.1. The number of carbonyl (C=O) groups is 2. The van der Waals surface area contributed by atoms with E-state index in [-0.39, 0.29) is 17.7 Å². The van der Waals surface area contributed by atoms with E-state index in [2.05, 4.69) is 27.9 Å². The summed E-state index contributed by atoms with van der Waals surface area (Å²) in [6, 6.07) is 7.62. The van der Waals surface area contributed by atoms with E-state index < -0.39 is 0 Å². The summed E-state index contributed by atoms with van der Waals surface area (Å²) in [5.74, 6) is -0.225. The number of likely N-dealkylation sites (tertiary alicyclic amines) is 1. The van der Waals surface area contributed by atoms with Crippen LogP contribution in [0.4, 0.5) is 5.69 Å². The second-order valence-electron chi connectivity index (χ2n) is 4.33. The fourth-order valence-electron chi connectivity index (χ4n) is 2.03. The molecule has 18 heavy (non-hydrogen) atoms. The van der Waals surface area contributed by atoms with Crippen LogP contribution >= 0.6 is 22.6 Å². The number of hydrogen-bond acceptors (Lipinski definition) is 2. The summed E-state index contributed by atoms with van der Waals surface area (Å²) < 4.78 is 1.12. The lowest BCUT2D eigenvalue weighted by molar-refractivity contribution is -0.128. The zero-order valence-electron chi connectivity index (χ0n) is 10.1. The number of hydrogen-bond donors (Lipinski definition) is 1. The molecule has 0 aliphatic carbocycles. The van der Waals surface area contributed by atoms with E-state index in [0.29, 0.717) is 19.5 Å². The minimum absolute atomic E-state index is 0.0690. The van der Waals surface area contributed by atoms with Gasteiger partial charge in [0, 0.05) is 28.8 Å². The van der Waals surface area contributed by atoms with Crippen LogP contribution in [0.1, 0.15) is 13.3 Å². The topological polar surface area (TPSA) is 49.4 Å². The molecule has 0 saturated carbocycles. The number of halogens is 1. The van der Waals surface area contributed by atoms with Gasteiger partial charge >= 0.3 is 0 Å².